The van der Waals surface area contributed by atoms with Crippen LogP contribution in [0.1, 0.15) is 33.6 Å². The molecule has 2 nitrogen and oxygen atoms in total. The van der Waals surface area contributed by atoms with Gasteiger partial charge in [-0.3, -0.25) is 9.00 Å². The number of ketones is 1. The summed E-state index contributed by atoms with van der Waals surface area (Å²) < 4.78 is 11.1. The number of carbonyl (C=O) groups excluding carboxylic acids is 1. The van der Waals surface area contributed by atoms with Gasteiger partial charge < -0.3 is 0 Å². The van der Waals surface area contributed by atoms with Crippen molar-refractivity contribution < 1.29 is 9.00 Å². The Labute approximate surface area is 70.8 Å². The van der Waals surface area contributed by atoms with Crippen molar-refractivity contribution in [2.24, 2.45) is 0 Å². The molecular weight excluding hydrogens is 160 g/mol. The minimum Gasteiger partial charge on any atom is -0.299 e. The lowest BCUT2D eigenvalue weighted by Crippen LogP contribution is -2.16. The van der Waals surface area contributed by atoms with Crippen LogP contribution in [0.15, 0.2) is 0 Å². The number of Topliss-reactive ketones (excluding diaryl/α,β-unsaturated/α-hetero) is 1. The average molecular weight is 176 g/mol. The van der Waals surface area contributed by atoms with E-state index in [4.69, 9.17) is 0 Å². The van der Waals surface area contributed by atoms with Crippen molar-refractivity contribution in [2.45, 2.75) is 38.9 Å². The highest BCUT2D eigenvalue weighted by Gasteiger charge is 2.09. The summed E-state index contributed by atoms with van der Waals surface area (Å²) in [6.07, 6.45) is 1.42. The van der Waals surface area contributed by atoms with Crippen molar-refractivity contribution in [1.82, 2.24) is 0 Å². The molecule has 0 fully saturated rings. The topological polar surface area (TPSA) is 34.1 Å². The van der Waals surface area contributed by atoms with Crippen LogP contribution in [-0.2, 0) is 15.6 Å². The van der Waals surface area contributed by atoms with Gasteiger partial charge in [-0.05, 0) is 6.42 Å². The third kappa shape index (κ3) is 5.13. The monoisotopic (exact) mass is 176 g/mol. The van der Waals surface area contributed by atoms with Crippen molar-refractivity contribution in [3.05, 3.63) is 0 Å². The molecule has 0 saturated heterocycles. The van der Waals surface area contributed by atoms with E-state index in [1.807, 2.05) is 20.8 Å². The van der Waals surface area contributed by atoms with E-state index >= 15 is 0 Å². The molecule has 0 amide bonds. The lowest BCUT2D eigenvalue weighted by molar-refractivity contribution is -0.116. The molecule has 0 heterocycles. The maximum absolute atomic E-state index is 11.1. The molecule has 1 atom stereocenters. The summed E-state index contributed by atoms with van der Waals surface area (Å²) >= 11 is 0. The van der Waals surface area contributed by atoms with Crippen LogP contribution in [0.5, 0.6) is 0 Å². The van der Waals surface area contributed by atoms with E-state index < -0.39 is 10.8 Å². The van der Waals surface area contributed by atoms with Crippen molar-refractivity contribution >= 4 is 16.6 Å². The van der Waals surface area contributed by atoms with E-state index in [0.29, 0.717) is 6.42 Å². The highest BCUT2D eigenvalue weighted by molar-refractivity contribution is 7.86. The Morgan fingerprint density at radius 2 is 2.00 bits per heavy atom. The molecule has 0 spiro atoms. The molecular formula is C8H16O2S. The molecule has 0 aromatic rings. The predicted molar refractivity (Wildman–Crippen MR) is 48.1 cm³/mol. The number of hydrogen-bond acceptors (Lipinski definition) is 2. The largest absolute Gasteiger partial charge is 0.299 e. The lowest BCUT2D eigenvalue weighted by Gasteiger charge is -2.02. The first-order valence-electron chi connectivity index (χ1n) is 3.96. The van der Waals surface area contributed by atoms with Gasteiger partial charge in [0.1, 0.15) is 5.78 Å². The first kappa shape index (κ1) is 10.8. The van der Waals surface area contributed by atoms with Crippen LogP contribution in [0.3, 0.4) is 0 Å². The molecule has 0 rings (SSSR count). The average Bonchev–Trinajstić information content (AvgIpc) is 1.87. The minimum absolute atomic E-state index is 0.107. The Morgan fingerprint density at radius 3 is 2.36 bits per heavy atom. The quantitative estimate of drug-likeness (QED) is 0.636. The SMILES string of the molecule is CCCC(=O)CS(=O)C(C)C. The molecule has 0 N–H and O–H groups in total. The van der Waals surface area contributed by atoms with Crippen molar-refractivity contribution in [2.75, 3.05) is 5.75 Å². The molecule has 0 aliphatic carbocycles. The second kappa shape index (κ2) is 5.47. The summed E-state index contributed by atoms with van der Waals surface area (Å²) in [5.74, 6) is 0.366. The van der Waals surface area contributed by atoms with Crippen molar-refractivity contribution in [3.8, 4) is 0 Å². The summed E-state index contributed by atoms with van der Waals surface area (Å²) in [4.78, 5) is 11.0. The number of carbonyl (C=O) groups is 1. The molecule has 0 bridgehead atoms. The third-order valence-electron chi connectivity index (χ3n) is 1.36. The van der Waals surface area contributed by atoms with Crippen LogP contribution in [0.4, 0.5) is 0 Å². The van der Waals surface area contributed by atoms with Gasteiger partial charge in [-0.25, -0.2) is 0 Å². The smallest absolute Gasteiger partial charge is 0.145 e. The third-order valence-corrected chi connectivity index (χ3v) is 3.02. The van der Waals surface area contributed by atoms with Gasteiger partial charge >= 0.3 is 0 Å². The molecule has 1 unspecified atom stereocenters. The Hall–Kier alpha value is -0.180. The summed E-state index contributed by atoms with van der Waals surface area (Å²) in [5.41, 5.74) is 0. The normalized spacial score (nSPS) is 13.5. The predicted octanol–water partition coefficient (Wildman–Crippen LogP) is 1.51. The fourth-order valence-electron chi connectivity index (χ4n) is 0.676. The van der Waals surface area contributed by atoms with Gasteiger partial charge in [-0.15, -0.1) is 0 Å². The van der Waals surface area contributed by atoms with Crippen LogP contribution in [0.25, 0.3) is 0 Å². The fraction of sp³-hybridized carbons (Fsp3) is 0.875. The number of rotatable bonds is 5. The van der Waals surface area contributed by atoms with E-state index in [9.17, 15) is 9.00 Å². The highest BCUT2D eigenvalue weighted by Crippen LogP contribution is 1.97. The van der Waals surface area contributed by atoms with Gasteiger partial charge in [-0.2, -0.15) is 0 Å². The van der Waals surface area contributed by atoms with Crippen molar-refractivity contribution in [3.63, 3.8) is 0 Å². The second-order valence-corrected chi connectivity index (χ2v) is 4.86. The minimum atomic E-state index is -0.953. The molecule has 0 aliphatic heterocycles. The highest BCUT2D eigenvalue weighted by atomic mass is 32.2. The molecule has 0 aromatic heterocycles. The Morgan fingerprint density at radius 1 is 1.45 bits per heavy atom. The van der Waals surface area contributed by atoms with Crippen LogP contribution < -0.4 is 0 Å². The van der Waals surface area contributed by atoms with E-state index in [2.05, 4.69) is 0 Å². The summed E-state index contributed by atoms with van der Waals surface area (Å²) in [6, 6.07) is 0. The van der Waals surface area contributed by atoms with Gasteiger partial charge in [-0.1, -0.05) is 20.8 Å². The lowest BCUT2D eigenvalue weighted by atomic mass is 10.3. The van der Waals surface area contributed by atoms with Gasteiger partial charge in [0.25, 0.3) is 0 Å². The Kier molecular flexibility index (Phi) is 5.38. The Bertz CT molecular complexity index is 152. The van der Waals surface area contributed by atoms with Crippen LogP contribution in [0, 0.1) is 0 Å². The first-order chi connectivity index (χ1) is 5.07. The fourth-order valence-corrected chi connectivity index (χ4v) is 1.47. The maximum atomic E-state index is 11.1. The molecule has 11 heavy (non-hydrogen) atoms. The molecule has 66 valence electrons. The zero-order valence-corrected chi connectivity index (χ0v) is 8.24. The second-order valence-electron chi connectivity index (χ2n) is 2.86. The summed E-state index contributed by atoms with van der Waals surface area (Å²) in [7, 11) is -0.953. The molecule has 0 saturated carbocycles. The van der Waals surface area contributed by atoms with Gasteiger partial charge in [0.2, 0.25) is 0 Å². The zero-order valence-electron chi connectivity index (χ0n) is 7.42. The first-order valence-corrected chi connectivity index (χ1v) is 5.35. The van der Waals surface area contributed by atoms with Gasteiger partial charge in [0.15, 0.2) is 0 Å². The molecule has 0 radical (unpaired) electrons. The van der Waals surface area contributed by atoms with E-state index in [1.165, 1.54) is 0 Å². The Balaban J connectivity index is 3.67. The van der Waals surface area contributed by atoms with E-state index in [-0.39, 0.29) is 16.8 Å². The number of hydrogen-bond donors (Lipinski definition) is 0. The summed E-state index contributed by atoms with van der Waals surface area (Å²) in [6.45, 7) is 5.70. The van der Waals surface area contributed by atoms with Crippen LogP contribution >= 0.6 is 0 Å². The molecule has 0 aromatic carbocycles. The van der Waals surface area contributed by atoms with E-state index in [0.717, 1.165) is 6.42 Å². The van der Waals surface area contributed by atoms with Gasteiger partial charge in [0.05, 0.1) is 5.75 Å². The van der Waals surface area contributed by atoms with Gasteiger partial charge in [0, 0.05) is 22.5 Å². The standard InChI is InChI=1S/C8H16O2S/c1-4-5-8(9)6-11(10)7(2)3/h7H,4-6H2,1-3H3. The van der Waals surface area contributed by atoms with Crippen LogP contribution in [-0.4, -0.2) is 21.0 Å². The van der Waals surface area contributed by atoms with Crippen LogP contribution in [0.2, 0.25) is 0 Å². The zero-order chi connectivity index (χ0) is 8.85. The summed E-state index contributed by atoms with van der Waals surface area (Å²) in [5, 5.41) is 0.107. The van der Waals surface area contributed by atoms with Crippen molar-refractivity contribution in [1.29, 1.82) is 0 Å². The maximum Gasteiger partial charge on any atom is 0.145 e. The van der Waals surface area contributed by atoms with E-state index in [1.54, 1.807) is 0 Å². The molecule has 3 heteroatoms. The molecule has 0 aliphatic rings.